The quantitative estimate of drug-likeness (QED) is 0.589. The Balaban J connectivity index is -0.000000308. The van der Waals surface area contributed by atoms with Crippen LogP contribution in [-0.2, 0) is 39.0 Å². The topological polar surface area (TPSA) is 0 Å². The van der Waals surface area contributed by atoms with Gasteiger partial charge in [0.05, 0.1) is 0 Å². The Morgan fingerprint density at radius 2 is 1.04 bits per heavy atom. The van der Waals surface area contributed by atoms with Crippen molar-refractivity contribution in [3.8, 4) is 0 Å². The van der Waals surface area contributed by atoms with Gasteiger partial charge in [-0.3, -0.25) is 0 Å². The average molecular weight is 433 g/mol. The Morgan fingerprint density at radius 3 is 1.22 bits per heavy atom. The Morgan fingerprint density at radius 1 is 0.739 bits per heavy atom. The van der Waals surface area contributed by atoms with Crippen LogP contribution in [0.1, 0.15) is 49.9 Å². The normalized spacial score (nSPS) is 9.39. The van der Waals surface area contributed by atoms with Crippen molar-refractivity contribution >= 4 is 0 Å². The molecule has 0 N–H and O–H groups in total. The molecule has 3 heteroatoms. The maximum Gasteiger partial charge on any atom is 4.00 e. The Bertz CT molecular complexity index is 449. The van der Waals surface area contributed by atoms with Crippen molar-refractivity contribution in [3.05, 3.63) is 58.7 Å². The predicted octanol–water partition coefficient (Wildman–Crippen LogP) is -0.170. The predicted molar refractivity (Wildman–Crippen MR) is 90.6 cm³/mol. The first kappa shape index (κ1) is 28.0. The molecule has 0 aliphatic heterocycles. The van der Waals surface area contributed by atoms with Gasteiger partial charge in [0.25, 0.3) is 0 Å². The molecule has 0 nitrogen and oxygen atoms in total. The van der Waals surface area contributed by atoms with E-state index in [1.807, 2.05) is 0 Å². The maximum atomic E-state index is 2.26. The number of aryl methyl sites for hydroxylation is 2. The van der Waals surface area contributed by atoms with E-state index in [1.54, 1.807) is 0 Å². The van der Waals surface area contributed by atoms with Crippen molar-refractivity contribution in [2.45, 2.75) is 54.4 Å². The number of halogens is 2. The first-order chi connectivity index (χ1) is 9.40. The van der Waals surface area contributed by atoms with Gasteiger partial charge in [0.1, 0.15) is 0 Å². The summed E-state index contributed by atoms with van der Waals surface area (Å²) in [4.78, 5) is 0. The fourth-order valence-corrected chi connectivity index (χ4v) is 2.43. The SMILES string of the molecule is Cc1ccc[c-]1CC(C)C.Cc1ccc[c-]1CC(C)C.[Cl-].[Cl-].[Zr+4]. The van der Waals surface area contributed by atoms with E-state index in [9.17, 15) is 0 Å². The van der Waals surface area contributed by atoms with Crippen LogP contribution in [0.2, 0.25) is 0 Å². The van der Waals surface area contributed by atoms with E-state index in [2.05, 4.69) is 77.9 Å². The molecule has 2 aromatic carbocycles. The van der Waals surface area contributed by atoms with Crippen LogP contribution in [0.25, 0.3) is 0 Å². The molecule has 0 amide bonds. The molecule has 0 aromatic heterocycles. The van der Waals surface area contributed by atoms with E-state index in [0.29, 0.717) is 0 Å². The molecule has 2 aromatic rings. The van der Waals surface area contributed by atoms with Gasteiger partial charge in [0, 0.05) is 0 Å². The van der Waals surface area contributed by atoms with Crippen molar-refractivity contribution in [2.24, 2.45) is 11.8 Å². The molecule has 0 heterocycles. The smallest absolute Gasteiger partial charge is 1.00 e. The van der Waals surface area contributed by atoms with Gasteiger partial charge in [-0.1, -0.05) is 66.2 Å². The largest absolute Gasteiger partial charge is 4.00 e. The Kier molecular flexibility index (Phi) is 17.6. The summed E-state index contributed by atoms with van der Waals surface area (Å²) >= 11 is 0. The summed E-state index contributed by atoms with van der Waals surface area (Å²) in [7, 11) is 0. The Labute approximate surface area is 175 Å². The van der Waals surface area contributed by atoms with Gasteiger partial charge < -0.3 is 24.8 Å². The standard InChI is InChI=1S/2C10H15.2ClH.Zr/c2*1-8(2)7-10-6-4-5-9(10)3;;;/h2*4-6,8H,7H2,1-3H3;2*1H;/q2*-1;;;+4/p-2. The maximum absolute atomic E-state index is 2.26. The van der Waals surface area contributed by atoms with Gasteiger partial charge >= 0.3 is 26.2 Å². The molecule has 0 aliphatic rings. The van der Waals surface area contributed by atoms with E-state index in [-0.39, 0.29) is 51.0 Å². The summed E-state index contributed by atoms with van der Waals surface area (Å²) < 4.78 is 0. The zero-order valence-electron chi connectivity index (χ0n) is 15.3. The second kappa shape index (κ2) is 14.5. The van der Waals surface area contributed by atoms with Crippen LogP contribution in [0.5, 0.6) is 0 Å². The molecule has 0 bridgehead atoms. The minimum absolute atomic E-state index is 0. The van der Waals surface area contributed by atoms with Crippen molar-refractivity contribution in [2.75, 3.05) is 0 Å². The van der Waals surface area contributed by atoms with E-state index < -0.39 is 0 Å². The van der Waals surface area contributed by atoms with Gasteiger partial charge in [-0.05, 0) is 0 Å². The third kappa shape index (κ3) is 11.4. The van der Waals surface area contributed by atoms with Gasteiger partial charge in [-0.15, -0.1) is 0 Å². The van der Waals surface area contributed by atoms with Gasteiger partial charge in [-0.25, -0.2) is 24.3 Å². The van der Waals surface area contributed by atoms with Crippen molar-refractivity contribution in [1.29, 1.82) is 0 Å². The molecule has 128 valence electrons. The monoisotopic (exact) mass is 430 g/mol. The van der Waals surface area contributed by atoms with Crippen LogP contribution in [0.4, 0.5) is 0 Å². The van der Waals surface area contributed by atoms with E-state index in [0.717, 1.165) is 11.8 Å². The molecule has 0 saturated heterocycles. The van der Waals surface area contributed by atoms with E-state index in [4.69, 9.17) is 0 Å². The van der Waals surface area contributed by atoms with Crippen LogP contribution in [0, 0.1) is 25.7 Å². The van der Waals surface area contributed by atoms with Crippen LogP contribution in [0.15, 0.2) is 36.4 Å². The summed E-state index contributed by atoms with van der Waals surface area (Å²) in [5.74, 6) is 1.56. The summed E-state index contributed by atoms with van der Waals surface area (Å²) in [6.07, 6.45) is 2.44. The minimum Gasteiger partial charge on any atom is -1.00 e. The van der Waals surface area contributed by atoms with Crippen molar-refractivity contribution in [3.63, 3.8) is 0 Å². The number of rotatable bonds is 4. The zero-order chi connectivity index (χ0) is 15.1. The molecule has 0 unspecified atom stereocenters. The molecule has 0 aliphatic carbocycles. The van der Waals surface area contributed by atoms with E-state index in [1.165, 1.54) is 35.1 Å². The third-order valence-corrected chi connectivity index (χ3v) is 3.56. The summed E-state index contributed by atoms with van der Waals surface area (Å²) in [6, 6.07) is 13.1. The summed E-state index contributed by atoms with van der Waals surface area (Å²) in [6.45, 7) is 13.4. The first-order valence-corrected chi connectivity index (χ1v) is 7.82. The van der Waals surface area contributed by atoms with Crippen LogP contribution in [0.3, 0.4) is 0 Å². The Hall–Kier alpha value is 0.163. The van der Waals surface area contributed by atoms with Gasteiger partial charge in [0.2, 0.25) is 0 Å². The van der Waals surface area contributed by atoms with Crippen molar-refractivity contribution < 1.29 is 51.0 Å². The second-order valence-electron chi connectivity index (χ2n) is 6.66. The molecule has 2 rings (SSSR count). The molecular weight excluding hydrogens is 402 g/mol. The molecular formula is C20H30Cl2Zr. The fraction of sp³-hybridized carbons (Fsp3) is 0.500. The first-order valence-electron chi connectivity index (χ1n) is 7.82. The van der Waals surface area contributed by atoms with Crippen LogP contribution >= 0.6 is 0 Å². The molecule has 0 spiro atoms. The summed E-state index contributed by atoms with van der Waals surface area (Å²) in [5, 5.41) is 0. The third-order valence-electron chi connectivity index (χ3n) is 3.56. The fourth-order valence-electron chi connectivity index (χ4n) is 2.43. The number of hydrogen-bond acceptors (Lipinski definition) is 0. The van der Waals surface area contributed by atoms with Gasteiger partial charge in [-0.2, -0.15) is 34.4 Å². The molecule has 0 radical (unpaired) electrons. The number of hydrogen-bond donors (Lipinski definition) is 0. The molecule has 0 fully saturated rings. The van der Waals surface area contributed by atoms with E-state index >= 15 is 0 Å². The van der Waals surface area contributed by atoms with Crippen LogP contribution in [-0.4, -0.2) is 0 Å². The average Bonchev–Trinajstić information content (AvgIpc) is 2.90. The molecule has 23 heavy (non-hydrogen) atoms. The van der Waals surface area contributed by atoms with Crippen LogP contribution < -0.4 is 24.8 Å². The molecule has 0 saturated carbocycles. The zero-order valence-corrected chi connectivity index (χ0v) is 19.3. The summed E-state index contributed by atoms with van der Waals surface area (Å²) in [5.41, 5.74) is 5.90. The molecule has 0 atom stereocenters. The van der Waals surface area contributed by atoms with Gasteiger partial charge in [0.15, 0.2) is 0 Å². The van der Waals surface area contributed by atoms with Crippen molar-refractivity contribution in [1.82, 2.24) is 0 Å². The minimum atomic E-state index is 0. The second-order valence-corrected chi connectivity index (χ2v) is 6.66.